The second-order valence-electron chi connectivity index (χ2n) is 18.5. The zero-order chi connectivity index (χ0) is 46.9. The summed E-state index contributed by atoms with van der Waals surface area (Å²) in [7, 11) is -4.60. The molecular formula is C51H96O12S. The fourth-order valence-electron chi connectivity index (χ4n) is 8.26. The molecule has 378 valence electrons. The summed E-state index contributed by atoms with van der Waals surface area (Å²) in [6, 6.07) is 0. The molecule has 0 aromatic carbocycles. The number of unbranched alkanes of at least 4 members (excludes halogenated alkanes) is 31. The molecule has 0 aromatic rings. The van der Waals surface area contributed by atoms with Crippen LogP contribution in [0.2, 0.25) is 0 Å². The van der Waals surface area contributed by atoms with Crippen LogP contribution in [-0.4, -0.2) is 96.0 Å². The van der Waals surface area contributed by atoms with Crippen LogP contribution in [0.25, 0.3) is 0 Å². The van der Waals surface area contributed by atoms with Crippen LogP contribution in [0.5, 0.6) is 0 Å². The number of carbonyl (C=O) groups is 2. The molecule has 0 bridgehead atoms. The Morgan fingerprint density at radius 2 is 0.891 bits per heavy atom. The zero-order valence-corrected chi connectivity index (χ0v) is 41.5. The van der Waals surface area contributed by atoms with E-state index in [4.69, 9.17) is 18.9 Å². The first-order valence-corrected chi connectivity index (χ1v) is 27.9. The van der Waals surface area contributed by atoms with Crippen LogP contribution < -0.4 is 0 Å². The molecule has 1 aliphatic rings. The van der Waals surface area contributed by atoms with Gasteiger partial charge in [0.15, 0.2) is 12.4 Å². The van der Waals surface area contributed by atoms with Gasteiger partial charge in [0, 0.05) is 12.8 Å². The summed E-state index contributed by atoms with van der Waals surface area (Å²) >= 11 is 0. The van der Waals surface area contributed by atoms with E-state index in [1.165, 1.54) is 148 Å². The smallest absolute Gasteiger partial charge is 0.306 e. The standard InChI is InChI=1S/C51H96O12S/c1-3-5-7-9-11-13-15-17-18-19-20-21-22-23-24-25-26-28-29-31-33-35-37-39-46(52)60-41-44(42-61-51-50(56)49(55)48(54)45(63-51)43-64(57,58)59)62-47(53)40-38-36-34-32-30-27-16-14-12-10-8-6-4-2/h14,16,44-45,48-51,54-56H,3-13,15,17-43H2,1-2H3,(H,57,58,59)/b16-14+/t44-,45-,48-,49?,50?,51+/m1/s1. The number of ether oxygens (including phenoxy) is 4. The van der Waals surface area contributed by atoms with Gasteiger partial charge in [-0.05, 0) is 38.5 Å². The number of hydrogen-bond donors (Lipinski definition) is 4. The maximum atomic E-state index is 12.8. The van der Waals surface area contributed by atoms with Gasteiger partial charge in [-0.25, -0.2) is 0 Å². The van der Waals surface area contributed by atoms with E-state index in [-0.39, 0.29) is 19.4 Å². The Labute approximate surface area is 390 Å². The van der Waals surface area contributed by atoms with Gasteiger partial charge in [-0.3, -0.25) is 14.1 Å². The van der Waals surface area contributed by atoms with E-state index in [9.17, 15) is 37.9 Å². The molecule has 13 heteroatoms. The topological polar surface area (TPSA) is 186 Å². The summed E-state index contributed by atoms with van der Waals surface area (Å²) in [5.74, 6) is -1.98. The molecule has 6 atom stereocenters. The number of hydrogen-bond acceptors (Lipinski definition) is 11. The lowest BCUT2D eigenvalue weighted by Gasteiger charge is -2.40. The highest BCUT2D eigenvalue weighted by atomic mass is 32.2. The second-order valence-corrected chi connectivity index (χ2v) is 20.0. The van der Waals surface area contributed by atoms with Crippen LogP contribution in [0.4, 0.5) is 0 Å². The van der Waals surface area contributed by atoms with Crippen molar-refractivity contribution in [2.45, 2.75) is 282 Å². The quantitative estimate of drug-likeness (QED) is 0.0196. The fraction of sp³-hybridized carbons (Fsp3) is 0.922. The molecule has 0 amide bonds. The number of allylic oxidation sites excluding steroid dienone is 2. The van der Waals surface area contributed by atoms with Gasteiger partial charge >= 0.3 is 11.9 Å². The molecule has 0 aliphatic carbocycles. The average molecular weight is 933 g/mol. The SMILES string of the molecule is CCCCCC/C=C/CCCCCCCC(=O)O[C@H](COC(=O)CCCCCCCCCCCCCCCCCCCCCCCCC)CO[C@H]1O[C@H](CS(=O)(=O)O)[C@@H](O)C(O)C1O. The first-order valence-electron chi connectivity index (χ1n) is 26.2. The first-order chi connectivity index (χ1) is 31.0. The molecule has 0 saturated carbocycles. The Balaban J connectivity index is 2.30. The van der Waals surface area contributed by atoms with Crippen molar-refractivity contribution in [1.29, 1.82) is 0 Å². The van der Waals surface area contributed by atoms with Crippen LogP contribution in [0, 0.1) is 0 Å². The van der Waals surface area contributed by atoms with Gasteiger partial charge in [-0.1, -0.05) is 206 Å². The summed E-state index contributed by atoms with van der Waals surface area (Å²) in [4.78, 5) is 25.5. The van der Waals surface area contributed by atoms with Gasteiger partial charge in [0.05, 0.1) is 6.61 Å². The maximum Gasteiger partial charge on any atom is 0.306 e. The van der Waals surface area contributed by atoms with Crippen molar-refractivity contribution in [3.63, 3.8) is 0 Å². The van der Waals surface area contributed by atoms with Gasteiger partial charge in [-0.15, -0.1) is 0 Å². The number of esters is 2. The van der Waals surface area contributed by atoms with E-state index >= 15 is 0 Å². The van der Waals surface area contributed by atoms with Crippen molar-refractivity contribution >= 4 is 22.1 Å². The largest absolute Gasteiger partial charge is 0.462 e. The van der Waals surface area contributed by atoms with E-state index < -0.39 is 71.2 Å². The normalized spacial score (nSPS) is 19.6. The van der Waals surface area contributed by atoms with Crippen LogP contribution in [0.3, 0.4) is 0 Å². The maximum absolute atomic E-state index is 12.8. The van der Waals surface area contributed by atoms with Crippen molar-refractivity contribution in [2.75, 3.05) is 19.0 Å². The highest BCUT2D eigenvalue weighted by Gasteiger charge is 2.46. The van der Waals surface area contributed by atoms with E-state index in [0.29, 0.717) is 12.8 Å². The molecule has 1 fully saturated rings. The van der Waals surface area contributed by atoms with Gasteiger partial charge in [-0.2, -0.15) is 8.42 Å². The Morgan fingerprint density at radius 1 is 0.516 bits per heavy atom. The van der Waals surface area contributed by atoms with Crippen LogP contribution >= 0.6 is 0 Å². The summed E-state index contributed by atoms with van der Waals surface area (Å²) < 4.78 is 54.2. The number of carbonyl (C=O) groups excluding carboxylic acids is 2. The van der Waals surface area contributed by atoms with Gasteiger partial charge < -0.3 is 34.3 Å². The van der Waals surface area contributed by atoms with E-state index in [1.807, 2.05) is 0 Å². The first kappa shape index (κ1) is 60.4. The third-order valence-corrected chi connectivity index (χ3v) is 13.1. The number of aliphatic hydroxyl groups is 3. The molecule has 1 heterocycles. The minimum atomic E-state index is -4.60. The van der Waals surface area contributed by atoms with E-state index in [0.717, 1.165) is 57.8 Å². The molecule has 1 aliphatic heterocycles. The molecule has 0 spiro atoms. The lowest BCUT2D eigenvalue weighted by atomic mass is 10.00. The molecular weight excluding hydrogens is 837 g/mol. The molecule has 1 rings (SSSR count). The fourth-order valence-corrected chi connectivity index (χ4v) is 8.95. The van der Waals surface area contributed by atoms with Crippen molar-refractivity contribution < 1.29 is 56.8 Å². The van der Waals surface area contributed by atoms with Crippen LogP contribution in [0.1, 0.15) is 245 Å². The van der Waals surface area contributed by atoms with Crippen molar-refractivity contribution in [1.82, 2.24) is 0 Å². The summed E-state index contributed by atoms with van der Waals surface area (Å²) in [5.41, 5.74) is 0. The highest BCUT2D eigenvalue weighted by molar-refractivity contribution is 7.85. The van der Waals surface area contributed by atoms with Crippen LogP contribution in [0.15, 0.2) is 12.2 Å². The summed E-state index contributed by atoms with van der Waals surface area (Å²) in [6.07, 6.45) is 36.9. The minimum Gasteiger partial charge on any atom is -0.462 e. The Hall–Kier alpha value is -1.61. The molecule has 1 saturated heterocycles. The Morgan fingerprint density at radius 3 is 1.31 bits per heavy atom. The third kappa shape index (κ3) is 35.6. The molecule has 12 nitrogen and oxygen atoms in total. The van der Waals surface area contributed by atoms with Crippen molar-refractivity contribution in [3.8, 4) is 0 Å². The zero-order valence-electron chi connectivity index (χ0n) is 40.7. The number of aliphatic hydroxyl groups excluding tert-OH is 3. The summed E-state index contributed by atoms with van der Waals surface area (Å²) in [6.45, 7) is 3.78. The lowest BCUT2D eigenvalue weighted by molar-refractivity contribution is -0.297. The third-order valence-electron chi connectivity index (χ3n) is 12.3. The molecule has 0 radical (unpaired) electrons. The minimum absolute atomic E-state index is 0.158. The molecule has 4 N–H and O–H groups in total. The highest BCUT2D eigenvalue weighted by Crippen LogP contribution is 2.24. The van der Waals surface area contributed by atoms with Gasteiger partial charge in [0.1, 0.15) is 36.8 Å². The second kappa shape index (κ2) is 41.6. The van der Waals surface area contributed by atoms with E-state index in [1.54, 1.807) is 0 Å². The van der Waals surface area contributed by atoms with Crippen molar-refractivity contribution in [2.24, 2.45) is 0 Å². The van der Waals surface area contributed by atoms with Gasteiger partial charge in [0.25, 0.3) is 10.1 Å². The van der Waals surface area contributed by atoms with E-state index in [2.05, 4.69) is 26.0 Å². The predicted molar refractivity (Wildman–Crippen MR) is 257 cm³/mol. The van der Waals surface area contributed by atoms with Crippen LogP contribution in [-0.2, 0) is 38.7 Å². The lowest BCUT2D eigenvalue weighted by Crippen LogP contribution is -2.60. The van der Waals surface area contributed by atoms with Gasteiger partial charge in [0.2, 0.25) is 0 Å². The molecule has 2 unspecified atom stereocenters. The predicted octanol–water partition coefficient (Wildman–Crippen LogP) is 11.8. The number of rotatable bonds is 45. The monoisotopic (exact) mass is 933 g/mol. The molecule has 64 heavy (non-hydrogen) atoms. The average Bonchev–Trinajstić information content (AvgIpc) is 3.26. The Bertz CT molecular complexity index is 1230. The Kier molecular flexibility index (Phi) is 39.2. The molecule has 0 aromatic heterocycles. The van der Waals surface area contributed by atoms with Crippen molar-refractivity contribution in [3.05, 3.63) is 12.2 Å². The summed E-state index contributed by atoms with van der Waals surface area (Å²) in [5, 5.41) is 30.9.